The second kappa shape index (κ2) is 6.56. The van der Waals surface area contributed by atoms with Gasteiger partial charge in [-0.05, 0) is 18.2 Å². The molecule has 2 heterocycles. The van der Waals surface area contributed by atoms with Crippen LogP contribution >= 0.6 is 11.3 Å². The summed E-state index contributed by atoms with van der Waals surface area (Å²) in [4.78, 5) is 52.5. The number of esters is 1. The van der Waals surface area contributed by atoms with E-state index in [1.165, 1.54) is 31.5 Å². The van der Waals surface area contributed by atoms with Gasteiger partial charge in [-0.2, -0.15) is 0 Å². The summed E-state index contributed by atoms with van der Waals surface area (Å²) in [5.41, 5.74) is 6.50. The number of hydrogen-bond donors (Lipinski definition) is 1. The Kier molecular flexibility index (Phi) is 4.43. The number of benzene rings is 1. The van der Waals surface area contributed by atoms with E-state index < -0.39 is 29.6 Å². The van der Waals surface area contributed by atoms with E-state index in [0.717, 1.165) is 19.4 Å². The van der Waals surface area contributed by atoms with Crippen LogP contribution in [0.3, 0.4) is 0 Å². The van der Waals surface area contributed by atoms with Gasteiger partial charge in [0.25, 0.3) is 5.56 Å². The third-order valence-corrected chi connectivity index (χ3v) is 4.68. The smallest absolute Gasteiger partial charge is 0.338 e. The van der Waals surface area contributed by atoms with E-state index in [4.69, 9.17) is 10.5 Å². The van der Waals surface area contributed by atoms with Gasteiger partial charge < -0.3 is 10.5 Å². The molecule has 3 aromatic rings. The maximum absolute atomic E-state index is 12.3. The average Bonchev–Trinajstić information content (AvgIpc) is 3.10. The number of ketones is 1. The average molecular weight is 374 g/mol. The maximum Gasteiger partial charge on any atom is 0.338 e. The van der Waals surface area contributed by atoms with Crippen LogP contribution in [0.15, 0.2) is 33.3 Å². The van der Waals surface area contributed by atoms with E-state index in [2.05, 4.69) is 4.98 Å². The SMILES string of the molecule is Cn1c(N)c(C(=O)COC(=O)c2ccc3ncsc3c2)c(=O)n(C)c1=O. The molecule has 2 N–H and O–H groups in total. The molecule has 3 rings (SSSR count). The lowest BCUT2D eigenvalue weighted by atomic mass is 10.2. The van der Waals surface area contributed by atoms with Gasteiger partial charge in [-0.3, -0.25) is 18.7 Å². The first-order valence-electron chi connectivity index (χ1n) is 7.40. The number of fused-ring (bicyclic) bond motifs is 1. The molecule has 0 spiro atoms. The molecule has 0 aliphatic rings. The Morgan fingerprint density at radius 3 is 2.69 bits per heavy atom. The summed E-state index contributed by atoms with van der Waals surface area (Å²) in [7, 11) is 2.57. The maximum atomic E-state index is 12.3. The highest BCUT2D eigenvalue weighted by Gasteiger charge is 2.21. The van der Waals surface area contributed by atoms with Crippen LogP contribution in [-0.4, -0.2) is 32.5 Å². The fourth-order valence-corrected chi connectivity index (χ4v) is 3.11. The normalized spacial score (nSPS) is 10.8. The summed E-state index contributed by atoms with van der Waals surface area (Å²) in [6, 6.07) is 4.82. The molecule has 0 fully saturated rings. The number of carbonyl (C=O) groups is 2. The van der Waals surface area contributed by atoms with Crippen molar-refractivity contribution < 1.29 is 14.3 Å². The second-order valence-corrected chi connectivity index (χ2v) is 6.39. The molecule has 2 aromatic heterocycles. The van der Waals surface area contributed by atoms with Crippen LogP contribution in [0.4, 0.5) is 5.82 Å². The Labute approximate surface area is 150 Å². The van der Waals surface area contributed by atoms with Crippen LogP contribution in [0.25, 0.3) is 10.2 Å². The summed E-state index contributed by atoms with van der Waals surface area (Å²) >= 11 is 1.37. The summed E-state index contributed by atoms with van der Waals surface area (Å²) in [5.74, 6) is -1.77. The van der Waals surface area contributed by atoms with E-state index in [0.29, 0.717) is 0 Å². The number of nitrogen functional groups attached to an aromatic ring is 1. The highest BCUT2D eigenvalue weighted by atomic mass is 32.1. The minimum absolute atomic E-state index is 0.260. The number of ether oxygens (including phenoxy) is 1. The van der Waals surface area contributed by atoms with Crippen molar-refractivity contribution in [2.75, 3.05) is 12.3 Å². The van der Waals surface area contributed by atoms with Crippen molar-refractivity contribution in [2.45, 2.75) is 0 Å². The van der Waals surface area contributed by atoms with Gasteiger partial charge in [-0.1, -0.05) is 0 Å². The quantitative estimate of drug-likeness (QED) is 0.514. The van der Waals surface area contributed by atoms with E-state index >= 15 is 0 Å². The fraction of sp³-hybridized carbons (Fsp3) is 0.188. The third kappa shape index (κ3) is 2.90. The van der Waals surface area contributed by atoms with E-state index in [9.17, 15) is 19.2 Å². The lowest BCUT2D eigenvalue weighted by molar-refractivity contribution is 0.0474. The Morgan fingerprint density at radius 2 is 1.96 bits per heavy atom. The highest BCUT2D eigenvalue weighted by Crippen LogP contribution is 2.19. The first-order chi connectivity index (χ1) is 12.3. The van der Waals surface area contributed by atoms with Crippen molar-refractivity contribution in [3.8, 4) is 0 Å². The van der Waals surface area contributed by atoms with Crippen LogP contribution in [0, 0.1) is 0 Å². The van der Waals surface area contributed by atoms with Crippen LogP contribution in [-0.2, 0) is 18.8 Å². The van der Waals surface area contributed by atoms with Crippen molar-refractivity contribution in [3.63, 3.8) is 0 Å². The molecule has 0 unspecified atom stereocenters. The monoisotopic (exact) mass is 374 g/mol. The predicted octanol–water partition coefficient (Wildman–Crippen LogP) is 0.316. The standard InChI is InChI=1S/C16H14N4O5S/c1-19-13(17)12(14(22)20(2)16(19)24)10(21)6-25-15(23)8-3-4-9-11(5-8)26-7-18-9/h3-5,7H,6,17H2,1-2H3. The molecule has 1 aromatic carbocycles. The van der Waals surface area contributed by atoms with Gasteiger partial charge in [0.2, 0.25) is 5.78 Å². The number of carbonyl (C=O) groups excluding carboxylic acids is 2. The van der Waals surface area contributed by atoms with Gasteiger partial charge in [0.1, 0.15) is 11.4 Å². The lowest BCUT2D eigenvalue weighted by Gasteiger charge is -2.11. The number of nitrogens with zero attached hydrogens (tertiary/aromatic N) is 3. The molecule has 0 bridgehead atoms. The van der Waals surface area contributed by atoms with E-state index in [1.54, 1.807) is 17.6 Å². The number of rotatable bonds is 4. The zero-order chi connectivity index (χ0) is 19.0. The molecule has 0 aliphatic heterocycles. The molecule has 9 nitrogen and oxygen atoms in total. The minimum atomic E-state index is -0.835. The first kappa shape index (κ1) is 17.5. The second-order valence-electron chi connectivity index (χ2n) is 5.50. The first-order valence-corrected chi connectivity index (χ1v) is 8.28. The Morgan fingerprint density at radius 1 is 1.23 bits per heavy atom. The molecule has 26 heavy (non-hydrogen) atoms. The molecule has 0 aliphatic carbocycles. The van der Waals surface area contributed by atoms with Crippen molar-refractivity contribution in [1.29, 1.82) is 0 Å². The van der Waals surface area contributed by atoms with Crippen molar-refractivity contribution in [1.82, 2.24) is 14.1 Å². The Balaban J connectivity index is 1.82. The van der Waals surface area contributed by atoms with E-state index in [1.807, 2.05) is 0 Å². The zero-order valence-corrected chi connectivity index (χ0v) is 14.7. The largest absolute Gasteiger partial charge is 0.454 e. The molecule has 0 atom stereocenters. The Hall–Kier alpha value is -3.27. The molecule has 0 amide bonds. The number of aromatic nitrogens is 3. The van der Waals surface area contributed by atoms with Crippen LogP contribution < -0.4 is 17.0 Å². The minimum Gasteiger partial charge on any atom is -0.454 e. The van der Waals surface area contributed by atoms with Gasteiger partial charge >= 0.3 is 11.7 Å². The number of anilines is 1. The number of nitrogens with two attached hydrogens (primary N) is 1. The van der Waals surface area contributed by atoms with Crippen molar-refractivity contribution in [3.05, 3.63) is 55.7 Å². The molecular weight excluding hydrogens is 360 g/mol. The van der Waals surface area contributed by atoms with Gasteiger partial charge in [-0.25, -0.2) is 14.6 Å². The third-order valence-electron chi connectivity index (χ3n) is 3.89. The fourth-order valence-electron chi connectivity index (χ4n) is 2.39. The predicted molar refractivity (Wildman–Crippen MR) is 95.6 cm³/mol. The zero-order valence-electron chi connectivity index (χ0n) is 13.9. The molecule has 10 heteroatoms. The summed E-state index contributed by atoms with van der Waals surface area (Å²) in [5, 5.41) is 0. The molecular formula is C16H14N4O5S. The van der Waals surface area contributed by atoms with Gasteiger partial charge in [0.05, 0.1) is 21.3 Å². The van der Waals surface area contributed by atoms with Crippen molar-refractivity contribution in [2.24, 2.45) is 14.1 Å². The topological polar surface area (TPSA) is 126 Å². The number of thiazole rings is 1. The Bertz CT molecular complexity index is 1160. The molecule has 0 radical (unpaired) electrons. The number of hydrogen-bond acceptors (Lipinski definition) is 8. The summed E-state index contributed by atoms with van der Waals surface area (Å²) in [6.45, 7) is -0.669. The van der Waals surface area contributed by atoms with Crippen LogP contribution in [0.5, 0.6) is 0 Å². The summed E-state index contributed by atoms with van der Waals surface area (Å²) < 4.78 is 7.55. The van der Waals surface area contributed by atoms with Crippen LogP contribution in [0.1, 0.15) is 20.7 Å². The number of Topliss-reactive ketones (excluding diaryl/α,β-unsaturated/α-hetero) is 1. The highest BCUT2D eigenvalue weighted by molar-refractivity contribution is 7.16. The molecule has 0 saturated carbocycles. The van der Waals surface area contributed by atoms with Crippen molar-refractivity contribution >= 4 is 39.1 Å². The lowest BCUT2D eigenvalue weighted by Crippen LogP contribution is -2.42. The van der Waals surface area contributed by atoms with Crippen LogP contribution in [0.2, 0.25) is 0 Å². The molecule has 0 saturated heterocycles. The van der Waals surface area contributed by atoms with Gasteiger partial charge in [-0.15, -0.1) is 11.3 Å². The van der Waals surface area contributed by atoms with Gasteiger partial charge in [0.15, 0.2) is 6.61 Å². The molecule has 134 valence electrons. The van der Waals surface area contributed by atoms with Gasteiger partial charge in [0, 0.05) is 14.1 Å². The van der Waals surface area contributed by atoms with E-state index in [-0.39, 0.29) is 16.9 Å². The summed E-state index contributed by atoms with van der Waals surface area (Å²) in [6.07, 6.45) is 0.